The molecule has 23 heavy (non-hydrogen) atoms. The molecule has 9 nitrogen and oxygen atoms in total. The molecule has 5 N–H and O–H groups in total. The first-order chi connectivity index (χ1) is 10.9. The quantitative estimate of drug-likeness (QED) is 0.581. The lowest BCUT2D eigenvalue weighted by Gasteiger charge is -2.27. The van der Waals surface area contributed by atoms with Gasteiger partial charge in [0.15, 0.2) is 11.9 Å². The third kappa shape index (κ3) is 2.12. The Morgan fingerprint density at radius 1 is 1.43 bits per heavy atom. The third-order valence-electron chi connectivity index (χ3n) is 4.62. The molecule has 1 aliphatic carbocycles. The molecule has 0 unspecified atom stereocenters. The van der Waals surface area contributed by atoms with Crippen molar-refractivity contribution in [2.75, 3.05) is 12.3 Å². The fourth-order valence-corrected chi connectivity index (χ4v) is 3.16. The zero-order chi connectivity index (χ0) is 16.4. The van der Waals surface area contributed by atoms with Gasteiger partial charge in [0.2, 0.25) is 5.95 Å². The average molecular weight is 321 g/mol. The zero-order valence-electron chi connectivity index (χ0n) is 12.6. The maximum atomic E-state index is 10.6. The van der Waals surface area contributed by atoms with Crippen molar-refractivity contribution in [1.29, 1.82) is 0 Å². The first kappa shape index (κ1) is 14.8. The minimum Gasteiger partial charge on any atom is -0.394 e. The maximum Gasteiger partial charge on any atom is 0.222 e. The van der Waals surface area contributed by atoms with Crippen molar-refractivity contribution >= 4 is 17.1 Å². The predicted octanol–water partition coefficient (Wildman–Crippen LogP) is -0.713. The molecule has 0 amide bonds. The maximum absolute atomic E-state index is 10.6. The van der Waals surface area contributed by atoms with Crippen LogP contribution in [0.25, 0.3) is 11.2 Å². The normalized spacial score (nSPS) is 34.3. The van der Waals surface area contributed by atoms with E-state index in [9.17, 15) is 15.3 Å². The van der Waals surface area contributed by atoms with Gasteiger partial charge in [0.25, 0.3) is 0 Å². The number of hydrogen-bond donors (Lipinski definition) is 4. The molecule has 2 aromatic heterocycles. The minimum atomic E-state index is -1.60. The standard InChI is InChI=1S/C14H19N5O4/c1-14(22)10(21)7(4-20)23-12(14)19-5-16-9-8(6-2-3-6)17-13(15)18-11(9)19/h5-7,10,12,20-22H,2-4H2,1H3,(H2,15,17,18)/t7-,10-,12-,14-/m1/s1. The fraction of sp³-hybridized carbons (Fsp3) is 0.643. The number of nitrogens with two attached hydrogens (primary N) is 1. The molecule has 0 radical (unpaired) electrons. The topological polar surface area (TPSA) is 140 Å². The van der Waals surface area contributed by atoms with E-state index in [0.29, 0.717) is 17.1 Å². The van der Waals surface area contributed by atoms with E-state index >= 15 is 0 Å². The van der Waals surface area contributed by atoms with Crippen LogP contribution in [0.5, 0.6) is 0 Å². The molecule has 4 atom stereocenters. The number of aliphatic hydroxyl groups is 3. The van der Waals surface area contributed by atoms with Gasteiger partial charge in [0.1, 0.15) is 23.3 Å². The molecule has 2 aliphatic rings. The number of imidazole rings is 1. The number of aliphatic hydroxyl groups excluding tert-OH is 2. The molecule has 1 aliphatic heterocycles. The lowest BCUT2D eigenvalue weighted by molar-refractivity contribution is -0.0950. The summed E-state index contributed by atoms with van der Waals surface area (Å²) < 4.78 is 7.16. The third-order valence-corrected chi connectivity index (χ3v) is 4.62. The van der Waals surface area contributed by atoms with Gasteiger partial charge in [-0.15, -0.1) is 0 Å². The lowest BCUT2D eigenvalue weighted by atomic mass is 9.96. The van der Waals surface area contributed by atoms with Gasteiger partial charge in [-0.25, -0.2) is 9.97 Å². The summed E-state index contributed by atoms with van der Waals surface area (Å²) in [6.45, 7) is 1.06. The highest BCUT2D eigenvalue weighted by Gasteiger charge is 2.53. The predicted molar refractivity (Wildman–Crippen MR) is 79.3 cm³/mol. The number of nitrogens with zero attached hydrogens (tertiary/aromatic N) is 4. The van der Waals surface area contributed by atoms with Gasteiger partial charge in [-0.2, -0.15) is 4.98 Å². The van der Waals surface area contributed by atoms with Gasteiger partial charge in [0.05, 0.1) is 18.6 Å². The number of anilines is 1. The number of nitrogen functional groups attached to an aromatic ring is 1. The van der Waals surface area contributed by atoms with Crippen molar-refractivity contribution in [3.8, 4) is 0 Å². The summed E-state index contributed by atoms with van der Waals surface area (Å²) in [5, 5.41) is 30.0. The van der Waals surface area contributed by atoms with E-state index in [1.807, 2.05) is 0 Å². The summed E-state index contributed by atoms with van der Waals surface area (Å²) in [7, 11) is 0. The summed E-state index contributed by atoms with van der Waals surface area (Å²) in [5.74, 6) is 0.477. The van der Waals surface area contributed by atoms with Gasteiger partial charge >= 0.3 is 0 Å². The summed E-state index contributed by atoms with van der Waals surface area (Å²) in [6.07, 6.45) is 0.548. The highest BCUT2D eigenvalue weighted by atomic mass is 16.6. The smallest absolute Gasteiger partial charge is 0.222 e. The number of ether oxygens (including phenoxy) is 1. The van der Waals surface area contributed by atoms with Crippen LogP contribution in [0, 0.1) is 0 Å². The summed E-state index contributed by atoms with van der Waals surface area (Å²) in [4.78, 5) is 12.9. The summed E-state index contributed by atoms with van der Waals surface area (Å²) in [6, 6.07) is 0. The number of rotatable bonds is 3. The van der Waals surface area contributed by atoms with E-state index in [4.69, 9.17) is 10.5 Å². The highest BCUT2D eigenvalue weighted by molar-refractivity contribution is 5.76. The molecule has 1 saturated heterocycles. The van der Waals surface area contributed by atoms with Crippen LogP contribution in [0.3, 0.4) is 0 Å². The molecule has 3 heterocycles. The van der Waals surface area contributed by atoms with Crippen LogP contribution in [0.4, 0.5) is 5.95 Å². The molecule has 0 spiro atoms. The Morgan fingerprint density at radius 2 is 2.17 bits per heavy atom. The number of fused-ring (bicyclic) bond motifs is 1. The lowest BCUT2D eigenvalue weighted by Crippen LogP contribution is -2.44. The first-order valence-electron chi connectivity index (χ1n) is 7.60. The summed E-state index contributed by atoms with van der Waals surface area (Å²) in [5.41, 5.74) is 6.10. The largest absolute Gasteiger partial charge is 0.394 e. The van der Waals surface area contributed by atoms with Crippen molar-refractivity contribution in [2.45, 2.75) is 49.7 Å². The van der Waals surface area contributed by atoms with Gasteiger partial charge in [-0.05, 0) is 19.8 Å². The second-order valence-corrected chi connectivity index (χ2v) is 6.45. The molecule has 9 heteroatoms. The van der Waals surface area contributed by atoms with Gasteiger partial charge < -0.3 is 25.8 Å². The molecule has 4 rings (SSSR count). The molecule has 2 fully saturated rings. The van der Waals surface area contributed by atoms with Crippen molar-refractivity contribution < 1.29 is 20.1 Å². The molecular weight excluding hydrogens is 302 g/mol. The Hall–Kier alpha value is -1.81. The van der Waals surface area contributed by atoms with Crippen molar-refractivity contribution in [2.24, 2.45) is 0 Å². The van der Waals surface area contributed by atoms with Crippen LogP contribution in [0.1, 0.15) is 37.6 Å². The SMILES string of the molecule is C[C@@]1(O)[C@H](O)[C@@H](CO)O[C@H]1n1cnc2c(C3CC3)nc(N)nc21. The number of hydrogen-bond acceptors (Lipinski definition) is 8. The van der Waals surface area contributed by atoms with E-state index in [0.717, 1.165) is 18.5 Å². The van der Waals surface area contributed by atoms with Gasteiger partial charge in [-0.1, -0.05) is 0 Å². The molecule has 0 aromatic carbocycles. The second-order valence-electron chi connectivity index (χ2n) is 6.45. The Balaban J connectivity index is 1.83. The van der Waals surface area contributed by atoms with Crippen LogP contribution in [-0.2, 0) is 4.74 Å². The van der Waals surface area contributed by atoms with Gasteiger partial charge in [0, 0.05) is 5.92 Å². The minimum absolute atomic E-state index is 0.137. The van der Waals surface area contributed by atoms with Crippen LogP contribution in [0.2, 0.25) is 0 Å². The fourth-order valence-electron chi connectivity index (χ4n) is 3.16. The Kier molecular flexibility index (Phi) is 3.11. The zero-order valence-corrected chi connectivity index (χ0v) is 12.6. The molecule has 1 saturated carbocycles. The van der Waals surface area contributed by atoms with E-state index in [-0.39, 0.29) is 5.95 Å². The van der Waals surface area contributed by atoms with Crippen molar-refractivity contribution in [3.05, 3.63) is 12.0 Å². The number of aromatic nitrogens is 4. The Bertz CT molecular complexity index is 757. The van der Waals surface area contributed by atoms with E-state index in [2.05, 4.69) is 15.0 Å². The Labute approximate surface area is 131 Å². The monoisotopic (exact) mass is 321 g/mol. The molecule has 2 aromatic rings. The van der Waals surface area contributed by atoms with Crippen LogP contribution >= 0.6 is 0 Å². The molecule has 124 valence electrons. The summed E-state index contributed by atoms with van der Waals surface area (Å²) >= 11 is 0. The van der Waals surface area contributed by atoms with Crippen molar-refractivity contribution in [1.82, 2.24) is 19.5 Å². The molecule has 0 bridgehead atoms. The van der Waals surface area contributed by atoms with Crippen molar-refractivity contribution in [3.63, 3.8) is 0 Å². The van der Waals surface area contributed by atoms with Gasteiger partial charge in [-0.3, -0.25) is 4.57 Å². The second kappa shape index (κ2) is 4.84. The van der Waals surface area contributed by atoms with Crippen LogP contribution < -0.4 is 5.73 Å². The van der Waals surface area contributed by atoms with E-state index in [1.54, 1.807) is 0 Å². The Morgan fingerprint density at radius 3 is 2.78 bits per heavy atom. The first-order valence-corrected chi connectivity index (χ1v) is 7.60. The highest BCUT2D eigenvalue weighted by Crippen LogP contribution is 2.43. The average Bonchev–Trinajstić information content (AvgIpc) is 3.23. The van der Waals surface area contributed by atoms with Crippen LogP contribution in [-0.4, -0.2) is 59.3 Å². The van der Waals surface area contributed by atoms with E-state index in [1.165, 1.54) is 17.8 Å². The van der Waals surface area contributed by atoms with E-state index < -0.39 is 30.6 Å². The van der Waals surface area contributed by atoms with Crippen LogP contribution in [0.15, 0.2) is 6.33 Å². The molecular formula is C14H19N5O4.